The fourth-order valence-electron chi connectivity index (χ4n) is 2.71. The number of rotatable bonds is 3. The van der Waals surface area contributed by atoms with Crippen molar-refractivity contribution in [2.45, 2.75) is 0 Å². The van der Waals surface area contributed by atoms with E-state index in [-0.39, 0.29) is 11.3 Å². The van der Waals surface area contributed by atoms with Crippen molar-refractivity contribution in [2.24, 2.45) is 5.18 Å². The molecule has 2 aromatic carbocycles. The largest absolute Gasteiger partial charge is 0.368 e. The highest BCUT2D eigenvalue weighted by Gasteiger charge is 2.24. The molecule has 0 bridgehead atoms. The van der Waals surface area contributed by atoms with Gasteiger partial charge in [-0.05, 0) is 35.5 Å². The minimum atomic E-state index is -0.632. The minimum Gasteiger partial charge on any atom is -0.368 e. The van der Waals surface area contributed by atoms with Crippen molar-refractivity contribution in [1.82, 2.24) is 4.90 Å². The molecule has 2 aromatic rings. The third kappa shape index (κ3) is 3.21. The van der Waals surface area contributed by atoms with Gasteiger partial charge >= 0.3 is 0 Å². The lowest BCUT2D eigenvalue weighted by Gasteiger charge is -2.36. The Morgan fingerprint density at radius 3 is 2.35 bits per heavy atom. The molecule has 23 heavy (non-hydrogen) atoms. The molecular formula is C17H16FN3O2. The molecule has 5 nitrogen and oxygen atoms in total. The molecule has 1 fully saturated rings. The number of nitrogens with zero attached hydrogens (tertiary/aromatic N) is 3. The number of carbonyl (C=O) groups excluding carboxylic acids is 1. The number of anilines is 1. The Hall–Kier alpha value is -2.76. The van der Waals surface area contributed by atoms with Crippen LogP contribution in [0.15, 0.2) is 53.7 Å². The topological polar surface area (TPSA) is 53.0 Å². The van der Waals surface area contributed by atoms with Crippen molar-refractivity contribution in [2.75, 3.05) is 31.1 Å². The predicted octanol–water partition coefficient (Wildman–Crippen LogP) is 3.19. The molecule has 1 heterocycles. The lowest BCUT2D eigenvalue weighted by Crippen LogP contribution is -2.49. The van der Waals surface area contributed by atoms with Gasteiger partial charge < -0.3 is 9.80 Å². The standard InChI is InChI=1S/C17H16FN3O2/c18-16-7-6-13(19-23)12-15(16)17(22)21-10-8-20(9-11-21)14-4-2-1-3-5-14/h1-7,12H,8-11H2. The average molecular weight is 313 g/mol. The Kier molecular flexibility index (Phi) is 4.32. The number of halogens is 1. The quantitative estimate of drug-likeness (QED) is 0.818. The zero-order chi connectivity index (χ0) is 16.2. The van der Waals surface area contributed by atoms with Gasteiger partial charge in [-0.25, -0.2) is 4.39 Å². The summed E-state index contributed by atoms with van der Waals surface area (Å²) in [6, 6.07) is 13.5. The summed E-state index contributed by atoms with van der Waals surface area (Å²) in [7, 11) is 0. The van der Waals surface area contributed by atoms with E-state index in [1.807, 2.05) is 30.3 Å². The van der Waals surface area contributed by atoms with E-state index in [4.69, 9.17) is 0 Å². The Balaban J connectivity index is 1.70. The molecule has 3 rings (SSSR count). The first-order valence-corrected chi connectivity index (χ1v) is 7.41. The second-order valence-electron chi connectivity index (χ2n) is 5.37. The molecular weight excluding hydrogens is 297 g/mol. The van der Waals surface area contributed by atoms with Gasteiger partial charge in [-0.2, -0.15) is 0 Å². The molecule has 0 unspecified atom stereocenters. The van der Waals surface area contributed by atoms with Crippen molar-refractivity contribution in [3.63, 3.8) is 0 Å². The highest BCUT2D eigenvalue weighted by atomic mass is 19.1. The van der Waals surface area contributed by atoms with Crippen LogP contribution in [0.1, 0.15) is 10.4 Å². The molecule has 0 aliphatic carbocycles. The van der Waals surface area contributed by atoms with E-state index in [2.05, 4.69) is 10.1 Å². The van der Waals surface area contributed by atoms with Crippen LogP contribution >= 0.6 is 0 Å². The second-order valence-corrected chi connectivity index (χ2v) is 5.37. The zero-order valence-electron chi connectivity index (χ0n) is 12.5. The van der Waals surface area contributed by atoms with Crippen LogP contribution in [-0.2, 0) is 0 Å². The van der Waals surface area contributed by atoms with E-state index in [0.29, 0.717) is 26.2 Å². The SMILES string of the molecule is O=Nc1ccc(F)c(C(=O)N2CCN(c3ccccc3)CC2)c1. The van der Waals surface area contributed by atoms with Gasteiger partial charge in [-0.15, -0.1) is 4.91 Å². The van der Waals surface area contributed by atoms with Gasteiger partial charge in [0.2, 0.25) is 0 Å². The first-order valence-electron chi connectivity index (χ1n) is 7.41. The van der Waals surface area contributed by atoms with Gasteiger partial charge in [0.15, 0.2) is 0 Å². The van der Waals surface area contributed by atoms with E-state index < -0.39 is 11.7 Å². The summed E-state index contributed by atoms with van der Waals surface area (Å²) in [4.78, 5) is 26.8. The van der Waals surface area contributed by atoms with Crippen molar-refractivity contribution in [1.29, 1.82) is 0 Å². The lowest BCUT2D eigenvalue weighted by atomic mass is 10.1. The maximum Gasteiger partial charge on any atom is 0.257 e. The number of piperazine rings is 1. The first kappa shape index (κ1) is 15.1. The number of benzene rings is 2. The molecule has 1 aliphatic heterocycles. The average Bonchev–Trinajstić information content (AvgIpc) is 2.62. The number of hydrogen-bond acceptors (Lipinski definition) is 4. The molecule has 1 saturated heterocycles. The van der Waals surface area contributed by atoms with Crippen molar-refractivity contribution in [3.05, 3.63) is 64.8 Å². The van der Waals surface area contributed by atoms with Gasteiger partial charge in [0.05, 0.1) is 5.56 Å². The lowest BCUT2D eigenvalue weighted by molar-refractivity contribution is 0.0742. The molecule has 118 valence electrons. The van der Waals surface area contributed by atoms with Gasteiger partial charge in [-0.3, -0.25) is 4.79 Å². The molecule has 0 aromatic heterocycles. The summed E-state index contributed by atoms with van der Waals surface area (Å²) in [5, 5.41) is 2.76. The Morgan fingerprint density at radius 1 is 1.00 bits per heavy atom. The Bertz CT molecular complexity index is 713. The molecule has 0 radical (unpaired) electrons. The number of para-hydroxylation sites is 1. The summed E-state index contributed by atoms with van der Waals surface area (Å²) in [6.45, 7) is 2.38. The van der Waals surface area contributed by atoms with Crippen LogP contribution < -0.4 is 4.90 Å². The van der Waals surface area contributed by atoms with Crippen LogP contribution in [0.5, 0.6) is 0 Å². The van der Waals surface area contributed by atoms with Crippen LogP contribution in [0.25, 0.3) is 0 Å². The molecule has 6 heteroatoms. The maximum atomic E-state index is 13.9. The van der Waals surface area contributed by atoms with Gasteiger partial charge in [0.25, 0.3) is 5.91 Å². The normalized spacial score (nSPS) is 14.7. The summed E-state index contributed by atoms with van der Waals surface area (Å²) in [6.07, 6.45) is 0. The van der Waals surface area contributed by atoms with E-state index >= 15 is 0 Å². The molecule has 1 amide bonds. The monoisotopic (exact) mass is 313 g/mol. The fraction of sp³-hybridized carbons (Fsp3) is 0.235. The third-order valence-corrected chi connectivity index (χ3v) is 3.97. The summed E-state index contributed by atoms with van der Waals surface area (Å²) in [5.41, 5.74) is 1.06. The number of amides is 1. The Labute approximate surface area is 133 Å². The van der Waals surface area contributed by atoms with Gasteiger partial charge in [0.1, 0.15) is 11.5 Å². The van der Waals surface area contributed by atoms with Gasteiger partial charge in [0, 0.05) is 31.9 Å². The summed E-state index contributed by atoms with van der Waals surface area (Å²) in [5.74, 6) is -1.03. The van der Waals surface area contributed by atoms with Crippen LogP contribution in [0, 0.1) is 10.7 Å². The maximum absolute atomic E-state index is 13.9. The highest BCUT2D eigenvalue weighted by Crippen LogP contribution is 2.21. The minimum absolute atomic E-state index is 0.0534. The Morgan fingerprint density at radius 2 is 1.70 bits per heavy atom. The van der Waals surface area contributed by atoms with Crippen LogP contribution in [0.4, 0.5) is 15.8 Å². The van der Waals surface area contributed by atoms with Crippen molar-refractivity contribution >= 4 is 17.3 Å². The van der Waals surface area contributed by atoms with Crippen LogP contribution in [0.3, 0.4) is 0 Å². The number of nitroso groups, excluding NO2 is 1. The van der Waals surface area contributed by atoms with Gasteiger partial charge in [-0.1, -0.05) is 18.2 Å². The summed E-state index contributed by atoms with van der Waals surface area (Å²) < 4.78 is 13.9. The summed E-state index contributed by atoms with van der Waals surface area (Å²) >= 11 is 0. The highest BCUT2D eigenvalue weighted by molar-refractivity contribution is 5.95. The first-order chi connectivity index (χ1) is 11.2. The zero-order valence-corrected chi connectivity index (χ0v) is 12.5. The number of hydrogen-bond donors (Lipinski definition) is 0. The van der Waals surface area contributed by atoms with E-state index in [1.54, 1.807) is 4.90 Å². The predicted molar refractivity (Wildman–Crippen MR) is 86.4 cm³/mol. The van der Waals surface area contributed by atoms with Crippen molar-refractivity contribution in [3.8, 4) is 0 Å². The molecule has 0 atom stereocenters. The van der Waals surface area contributed by atoms with E-state index in [9.17, 15) is 14.1 Å². The van der Waals surface area contributed by atoms with Crippen LogP contribution in [-0.4, -0.2) is 37.0 Å². The molecule has 0 N–H and O–H groups in total. The molecule has 1 aliphatic rings. The van der Waals surface area contributed by atoms with E-state index in [0.717, 1.165) is 11.8 Å². The van der Waals surface area contributed by atoms with Crippen LogP contribution in [0.2, 0.25) is 0 Å². The second kappa shape index (κ2) is 6.56. The molecule has 0 spiro atoms. The smallest absolute Gasteiger partial charge is 0.257 e. The van der Waals surface area contributed by atoms with E-state index in [1.165, 1.54) is 12.1 Å². The number of carbonyl (C=O) groups is 1. The molecule has 0 saturated carbocycles. The fourth-order valence-corrected chi connectivity index (χ4v) is 2.71. The third-order valence-electron chi connectivity index (χ3n) is 3.97. The van der Waals surface area contributed by atoms with Crippen molar-refractivity contribution < 1.29 is 9.18 Å².